The van der Waals surface area contributed by atoms with E-state index in [1.807, 2.05) is 19.0 Å². The minimum absolute atomic E-state index is 0.116. The number of aryl methyl sites for hydroxylation is 1. The largest absolute Gasteiger partial charge is 0.469 e. The zero-order chi connectivity index (χ0) is 33.0. The number of nitrogens with zero attached hydrogens (tertiary/aromatic N) is 2. The summed E-state index contributed by atoms with van der Waals surface area (Å²) in [6.45, 7) is 7.17. The maximum absolute atomic E-state index is 13.4. The third kappa shape index (κ3) is 10.9. The van der Waals surface area contributed by atoms with Crippen LogP contribution in [0.15, 0.2) is 15.8 Å². The summed E-state index contributed by atoms with van der Waals surface area (Å²) in [5, 5.41) is 2.72. The van der Waals surface area contributed by atoms with E-state index in [0.717, 1.165) is 4.57 Å². The molecule has 250 valence electrons. The molecule has 16 nitrogen and oxygen atoms in total. The first-order chi connectivity index (χ1) is 20.7. The minimum Gasteiger partial charge on any atom is -0.469 e. The standard InChI is InChI=1S/C27H45N4O12P/c1-8-40-44(37,41-9-2)16-18(4)22-23(42-21(34)11-10-20(33)38-7)24(39-15-19(32)28-12-13-30(5)6)26(43-22)31-14-17(3)25(35)29-27(31)36/h14,18,22-24,26H,8-13,15-16H2,1-7H3,(H,28,32)(H,29,35,36)/t18-,22?,23+,24+,26-/m0/s1. The van der Waals surface area contributed by atoms with Crippen LogP contribution in [-0.2, 0) is 46.9 Å². The first kappa shape index (κ1) is 37.3. The van der Waals surface area contributed by atoms with Crippen LogP contribution in [0, 0.1) is 12.8 Å². The van der Waals surface area contributed by atoms with Crippen LogP contribution in [0.5, 0.6) is 0 Å². The van der Waals surface area contributed by atoms with Crippen molar-refractivity contribution in [3.05, 3.63) is 32.6 Å². The smallest absolute Gasteiger partial charge is 0.331 e. The summed E-state index contributed by atoms with van der Waals surface area (Å²) in [4.78, 5) is 66.3. The molecule has 1 fully saturated rings. The molecule has 44 heavy (non-hydrogen) atoms. The summed E-state index contributed by atoms with van der Waals surface area (Å²) in [5.74, 6) is -2.56. The van der Waals surface area contributed by atoms with Gasteiger partial charge in [0.1, 0.15) is 18.8 Å². The summed E-state index contributed by atoms with van der Waals surface area (Å²) < 4.78 is 48.0. The van der Waals surface area contributed by atoms with Crippen molar-refractivity contribution in [1.82, 2.24) is 19.8 Å². The molecule has 1 aliphatic heterocycles. The Kier molecular flexibility index (Phi) is 14.9. The Bertz CT molecular complexity index is 1270. The Hall–Kier alpha value is -2.88. The number of esters is 2. The molecule has 1 saturated heterocycles. The fourth-order valence-corrected chi connectivity index (χ4v) is 6.57. The number of aromatic amines is 1. The predicted molar refractivity (Wildman–Crippen MR) is 157 cm³/mol. The lowest BCUT2D eigenvalue weighted by atomic mass is 9.99. The van der Waals surface area contributed by atoms with E-state index in [9.17, 15) is 28.5 Å². The molecule has 17 heteroatoms. The van der Waals surface area contributed by atoms with Gasteiger partial charge in [-0.2, -0.15) is 0 Å². The van der Waals surface area contributed by atoms with E-state index in [2.05, 4.69) is 15.0 Å². The van der Waals surface area contributed by atoms with Crippen molar-refractivity contribution in [2.24, 2.45) is 5.92 Å². The van der Waals surface area contributed by atoms with Gasteiger partial charge < -0.3 is 38.2 Å². The number of H-pyrrole nitrogens is 1. The number of nitrogens with one attached hydrogen (secondary N) is 2. The van der Waals surface area contributed by atoms with Crippen LogP contribution in [0.1, 0.15) is 45.4 Å². The third-order valence-corrected chi connectivity index (χ3v) is 9.01. The second kappa shape index (κ2) is 17.6. The molecule has 0 radical (unpaired) electrons. The summed E-state index contributed by atoms with van der Waals surface area (Å²) in [6, 6.07) is 0. The van der Waals surface area contributed by atoms with E-state index < -0.39 is 73.8 Å². The Morgan fingerprint density at radius 3 is 2.34 bits per heavy atom. The predicted octanol–water partition coefficient (Wildman–Crippen LogP) is 0.573. The van der Waals surface area contributed by atoms with Gasteiger partial charge in [0, 0.05) is 24.8 Å². The lowest BCUT2D eigenvalue weighted by molar-refractivity contribution is -0.161. The van der Waals surface area contributed by atoms with Crippen molar-refractivity contribution in [2.45, 2.75) is 65.1 Å². The van der Waals surface area contributed by atoms with Crippen molar-refractivity contribution in [3.63, 3.8) is 0 Å². The van der Waals surface area contributed by atoms with E-state index >= 15 is 0 Å². The SMILES string of the molecule is CCOP(=O)(C[C@H](C)C1O[C@H](n2cc(C)c(=O)[nH]c2=O)[C@H](OCC(=O)NCCN(C)C)[C@@H]1OC(=O)CCC(=O)OC)OCC. The molecule has 1 amide bonds. The van der Waals surface area contributed by atoms with Crippen LogP contribution in [0.3, 0.4) is 0 Å². The van der Waals surface area contributed by atoms with Crippen molar-refractivity contribution >= 4 is 25.4 Å². The van der Waals surface area contributed by atoms with Gasteiger partial charge in [-0.25, -0.2) is 4.79 Å². The van der Waals surface area contributed by atoms with Crippen molar-refractivity contribution in [1.29, 1.82) is 0 Å². The highest BCUT2D eigenvalue weighted by molar-refractivity contribution is 7.53. The fraction of sp³-hybridized carbons (Fsp3) is 0.741. The van der Waals surface area contributed by atoms with Gasteiger partial charge in [0.15, 0.2) is 12.3 Å². The van der Waals surface area contributed by atoms with Crippen LogP contribution >= 0.6 is 7.60 Å². The maximum Gasteiger partial charge on any atom is 0.331 e. The number of rotatable bonds is 18. The first-order valence-electron chi connectivity index (χ1n) is 14.4. The van der Waals surface area contributed by atoms with Crippen molar-refractivity contribution in [2.75, 3.05) is 60.3 Å². The average molecular weight is 649 g/mol. The van der Waals surface area contributed by atoms with E-state index in [-0.39, 0.29) is 37.8 Å². The number of hydrogen-bond donors (Lipinski definition) is 2. The number of hydrogen-bond acceptors (Lipinski definition) is 13. The Morgan fingerprint density at radius 1 is 1.11 bits per heavy atom. The molecule has 2 N–H and O–H groups in total. The van der Waals surface area contributed by atoms with E-state index in [1.54, 1.807) is 20.8 Å². The lowest BCUT2D eigenvalue weighted by Crippen LogP contribution is -2.44. The number of aromatic nitrogens is 2. The van der Waals surface area contributed by atoms with Crippen LogP contribution in [0.2, 0.25) is 0 Å². The van der Waals surface area contributed by atoms with E-state index in [4.69, 9.17) is 23.3 Å². The van der Waals surface area contributed by atoms with Gasteiger partial charge in [0.25, 0.3) is 5.56 Å². The molecule has 0 aliphatic carbocycles. The van der Waals surface area contributed by atoms with Crippen LogP contribution in [-0.4, -0.2) is 111 Å². The number of carbonyl (C=O) groups excluding carboxylic acids is 3. The molecule has 0 aromatic carbocycles. The van der Waals surface area contributed by atoms with Gasteiger partial charge in [0.05, 0.1) is 39.3 Å². The van der Waals surface area contributed by atoms with Crippen molar-refractivity contribution < 1.29 is 46.9 Å². The van der Waals surface area contributed by atoms with Crippen LogP contribution < -0.4 is 16.6 Å². The zero-order valence-electron chi connectivity index (χ0n) is 26.4. The van der Waals surface area contributed by atoms with Crippen LogP contribution in [0.25, 0.3) is 0 Å². The molecule has 0 spiro atoms. The molecule has 0 bridgehead atoms. The second-order valence-electron chi connectivity index (χ2n) is 10.5. The summed E-state index contributed by atoms with van der Waals surface area (Å²) in [6.07, 6.45) is -4.27. The lowest BCUT2D eigenvalue weighted by Gasteiger charge is -2.28. The van der Waals surface area contributed by atoms with Crippen LogP contribution in [0.4, 0.5) is 0 Å². The Labute approximate surface area is 256 Å². The number of carbonyl (C=O) groups is 3. The van der Waals surface area contributed by atoms with E-state index in [0.29, 0.717) is 13.1 Å². The summed E-state index contributed by atoms with van der Waals surface area (Å²) in [5.41, 5.74) is -1.24. The topological polar surface area (TPSA) is 194 Å². The molecule has 2 heterocycles. The molecule has 5 atom stereocenters. The quantitative estimate of drug-likeness (QED) is 0.166. The van der Waals surface area contributed by atoms with Gasteiger partial charge in [-0.3, -0.25) is 33.3 Å². The molecule has 1 aliphatic rings. The minimum atomic E-state index is -3.61. The van der Waals surface area contributed by atoms with Crippen molar-refractivity contribution in [3.8, 4) is 0 Å². The highest BCUT2D eigenvalue weighted by Gasteiger charge is 2.52. The fourth-order valence-electron chi connectivity index (χ4n) is 4.58. The van der Waals surface area contributed by atoms with Gasteiger partial charge in [-0.05, 0) is 40.8 Å². The monoisotopic (exact) mass is 648 g/mol. The number of amides is 1. The van der Waals surface area contributed by atoms with Gasteiger partial charge >= 0.3 is 25.2 Å². The van der Waals surface area contributed by atoms with Gasteiger partial charge in [0.2, 0.25) is 5.91 Å². The average Bonchev–Trinajstić information content (AvgIpc) is 3.30. The number of ether oxygens (including phenoxy) is 4. The molecule has 0 saturated carbocycles. The highest BCUT2D eigenvalue weighted by atomic mass is 31.2. The Balaban J connectivity index is 2.50. The molecular formula is C27H45N4O12P. The summed E-state index contributed by atoms with van der Waals surface area (Å²) >= 11 is 0. The van der Waals surface area contributed by atoms with Gasteiger partial charge in [-0.1, -0.05) is 6.92 Å². The third-order valence-electron chi connectivity index (χ3n) is 6.69. The molecule has 1 unspecified atom stereocenters. The molecule has 1 aromatic rings. The van der Waals surface area contributed by atoms with E-state index in [1.165, 1.54) is 20.2 Å². The summed E-state index contributed by atoms with van der Waals surface area (Å²) in [7, 11) is 1.28. The van der Waals surface area contributed by atoms with Gasteiger partial charge in [-0.15, -0.1) is 0 Å². The Morgan fingerprint density at radius 2 is 1.75 bits per heavy atom. The molecule has 2 rings (SSSR count). The zero-order valence-corrected chi connectivity index (χ0v) is 27.3. The second-order valence-corrected chi connectivity index (χ2v) is 12.6. The normalized spacial score (nSPS) is 20.8. The number of methoxy groups -OCH3 is 1. The molecule has 1 aromatic heterocycles. The molecular weight excluding hydrogens is 603 g/mol. The first-order valence-corrected chi connectivity index (χ1v) is 16.1. The number of likely N-dealkylation sites (N-methyl/N-ethyl adjacent to an activating group) is 1. The maximum atomic E-state index is 13.4. The highest BCUT2D eigenvalue weighted by Crippen LogP contribution is 2.51.